The molecule has 1 unspecified atom stereocenters. The average Bonchev–Trinajstić information content (AvgIpc) is 2.91. The Labute approximate surface area is 115 Å². The Bertz CT molecular complexity index is 664. The van der Waals surface area contributed by atoms with Crippen LogP contribution in [0.1, 0.15) is 40.0 Å². The summed E-state index contributed by atoms with van der Waals surface area (Å²) in [6.07, 6.45) is 4.14. The van der Waals surface area contributed by atoms with E-state index in [2.05, 4.69) is 15.3 Å². The number of fused-ring (bicyclic) bond motifs is 1. The quantitative estimate of drug-likeness (QED) is 0.903. The number of ketones is 1. The number of anilines is 1. The standard InChI is InChI=1S/C14H13N3O3/c1-8-5-10-9(11(18)6-8)7-15-14(16-10)17-13(19)12-3-2-4-20-12/h2-4,7-8H,5-6H2,1H3,(H,15,16,17,19). The molecule has 1 atom stereocenters. The summed E-state index contributed by atoms with van der Waals surface area (Å²) < 4.78 is 4.99. The zero-order chi connectivity index (χ0) is 14.1. The fourth-order valence-corrected chi connectivity index (χ4v) is 2.27. The second-order valence-corrected chi connectivity index (χ2v) is 4.92. The molecule has 0 saturated carbocycles. The van der Waals surface area contributed by atoms with E-state index in [9.17, 15) is 9.59 Å². The first kappa shape index (κ1) is 12.5. The number of aromatic nitrogens is 2. The largest absolute Gasteiger partial charge is 0.459 e. The molecule has 1 amide bonds. The van der Waals surface area contributed by atoms with Crippen molar-refractivity contribution in [3.8, 4) is 0 Å². The van der Waals surface area contributed by atoms with E-state index in [0.717, 1.165) is 0 Å². The summed E-state index contributed by atoms with van der Waals surface area (Å²) in [4.78, 5) is 31.9. The minimum atomic E-state index is -0.412. The number of carbonyl (C=O) groups excluding carboxylic acids is 2. The minimum Gasteiger partial charge on any atom is -0.459 e. The molecule has 1 aliphatic rings. The number of furan rings is 1. The Hall–Kier alpha value is -2.50. The molecule has 2 aromatic rings. The molecule has 102 valence electrons. The number of Topliss-reactive ketones (excluding diaryl/α,β-unsaturated/α-hetero) is 1. The Morgan fingerprint density at radius 2 is 2.30 bits per heavy atom. The maximum absolute atomic E-state index is 11.8. The van der Waals surface area contributed by atoms with Crippen LogP contribution in [-0.2, 0) is 6.42 Å². The van der Waals surface area contributed by atoms with Crippen molar-refractivity contribution in [2.24, 2.45) is 5.92 Å². The molecule has 2 aromatic heterocycles. The Morgan fingerprint density at radius 1 is 1.45 bits per heavy atom. The van der Waals surface area contributed by atoms with Crippen molar-refractivity contribution in [1.29, 1.82) is 0 Å². The normalized spacial score (nSPS) is 17.6. The van der Waals surface area contributed by atoms with Crippen LogP contribution in [0.15, 0.2) is 29.0 Å². The first-order chi connectivity index (χ1) is 9.63. The van der Waals surface area contributed by atoms with E-state index in [0.29, 0.717) is 24.1 Å². The zero-order valence-electron chi connectivity index (χ0n) is 10.9. The zero-order valence-corrected chi connectivity index (χ0v) is 10.9. The van der Waals surface area contributed by atoms with Gasteiger partial charge in [-0.05, 0) is 24.5 Å². The van der Waals surface area contributed by atoms with Gasteiger partial charge in [-0.25, -0.2) is 9.97 Å². The number of amides is 1. The van der Waals surface area contributed by atoms with Gasteiger partial charge in [-0.15, -0.1) is 0 Å². The highest BCUT2D eigenvalue weighted by Gasteiger charge is 2.24. The van der Waals surface area contributed by atoms with Crippen LogP contribution in [0.5, 0.6) is 0 Å². The summed E-state index contributed by atoms with van der Waals surface area (Å²) in [5.74, 6) is 0.286. The summed E-state index contributed by atoms with van der Waals surface area (Å²) in [5, 5.41) is 2.56. The first-order valence-electron chi connectivity index (χ1n) is 6.37. The number of hydrogen-bond acceptors (Lipinski definition) is 5. The van der Waals surface area contributed by atoms with Gasteiger partial charge in [0.15, 0.2) is 11.5 Å². The predicted molar refractivity (Wildman–Crippen MR) is 70.5 cm³/mol. The first-order valence-corrected chi connectivity index (χ1v) is 6.37. The molecule has 1 aliphatic carbocycles. The van der Waals surface area contributed by atoms with Gasteiger partial charge in [0.25, 0.3) is 5.91 Å². The van der Waals surface area contributed by atoms with Crippen molar-refractivity contribution < 1.29 is 14.0 Å². The highest BCUT2D eigenvalue weighted by atomic mass is 16.3. The summed E-state index contributed by atoms with van der Waals surface area (Å²) in [7, 11) is 0. The van der Waals surface area contributed by atoms with Gasteiger partial charge >= 0.3 is 0 Å². The molecular formula is C14H13N3O3. The van der Waals surface area contributed by atoms with E-state index in [4.69, 9.17) is 4.42 Å². The maximum Gasteiger partial charge on any atom is 0.293 e. The molecular weight excluding hydrogens is 258 g/mol. The topological polar surface area (TPSA) is 85.1 Å². The van der Waals surface area contributed by atoms with Crippen molar-refractivity contribution in [2.45, 2.75) is 19.8 Å². The van der Waals surface area contributed by atoms with Gasteiger partial charge < -0.3 is 4.42 Å². The summed E-state index contributed by atoms with van der Waals surface area (Å²) >= 11 is 0. The molecule has 0 spiro atoms. The Balaban J connectivity index is 1.84. The minimum absolute atomic E-state index is 0.0580. The van der Waals surface area contributed by atoms with Crippen LogP contribution >= 0.6 is 0 Å². The Kier molecular flexibility index (Phi) is 3.06. The van der Waals surface area contributed by atoms with Crippen LogP contribution in [0.2, 0.25) is 0 Å². The van der Waals surface area contributed by atoms with Crippen LogP contribution in [-0.4, -0.2) is 21.7 Å². The molecule has 20 heavy (non-hydrogen) atoms. The molecule has 0 bridgehead atoms. The summed E-state index contributed by atoms with van der Waals surface area (Å²) in [5.41, 5.74) is 1.25. The van der Waals surface area contributed by atoms with Crippen LogP contribution < -0.4 is 5.32 Å². The number of hydrogen-bond donors (Lipinski definition) is 1. The monoisotopic (exact) mass is 271 g/mol. The van der Waals surface area contributed by atoms with Crippen molar-refractivity contribution >= 4 is 17.6 Å². The second kappa shape index (κ2) is 4.88. The molecule has 1 N–H and O–H groups in total. The third kappa shape index (κ3) is 2.32. The van der Waals surface area contributed by atoms with E-state index >= 15 is 0 Å². The fourth-order valence-electron chi connectivity index (χ4n) is 2.27. The lowest BCUT2D eigenvalue weighted by molar-refractivity contribution is 0.0951. The predicted octanol–water partition coefficient (Wildman–Crippen LogP) is 2.09. The van der Waals surface area contributed by atoms with Crippen LogP contribution in [0.4, 0.5) is 5.95 Å². The SMILES string of the molecule is CC1CC(=O)c2cnc(NC(=O)c3ccco3)nc2C1. The lowest BCUT2D eigenvalue weighted by Gasteiger charge is -2.19. The molecule has 2 heterocycles. The summed E-state index contributed by atoms with van der Waals surface area (Å²) in [6.45, 7) is 2.00. The molecule has 6 nitrogen and oxygen atoms in total. The number of carbonyl (C=O) groups is 2. The van der Waals surface area contributed by atoms with E-state index < -0.39 is 5.91 Å². The number of rotatable bonds is 2. The third-order valence-corrected chi connectivity index (χ3v) is 3.21. The molecule has 6 heteroatoms. The van der Waals surface area contributed by atoms with Gasteiger partial charge in [-0.2, -0.15) is 0 Å². The van der Waals surface area contributed by atoms with Crippen LogP contribution in [0.3, 0.4) is 0 Å². The number of nitrogens with one attached hydrogen (secondary N) is 1. The second-order valence-electron chi connectivity index (χ2n) is 4.92. The van der Waals surface area contributed by atoms with Gasteiger partial charge in [-0.3, -0.25) is 14.9 Å². The van der Waals surface area contributed by atoms with Gasteiger partial charge in [0.2, 0.25) is 5.95 Å². The molecule has 0 aromatic carbocycles. The van der Waals surface area contributed by atoms with E-state index in [-0.39, 0.29) is 23.4 Å². The fraction of sp³-hybridized carbons (Fsp3) is 0.286. The summed E-state index contributed by atoms with van der Waals surface area (Å²) in [6, 6.07) is 3.18. The van der Waals surface area contributed by atoms with Crippen LogP contribution in [0, 0.1) is 5.92 Å². The average molecular weight is 271 g/mol. The van der Waals surface area contributed by atoms with Gasteiger partial charge in [0.05, 0.1) is 17.5 Å². The third-order valence-electron chi connectivity index (χ3n) is 3.21. The van der Waals surface area contributed by atoms with E-state index in [1.807, 2.05) is 6.92 Å². The number of nitrogens with zero attached hydrogens (tertiary/aromatic N) is 2. The van der Waals surface area contributed by atoms with Crippen LogP contribution in [0.25, 0.3) is 0 Å². The van der Waals surface area contributed by atoms with Gasteiger partial charge in [-0.1, -0.05) is 6.92 Å². The smallest absolute Gasteiger partial charge is 0.293 e. The van der Waals surface area contributed by atoms with Crippen molar-refractivity contribution in [1.82, 2.24) is 9.97 Å². The van der Waals surface area contributed by atoms with Crippen molar-refractivity contribution in [3.05, 3.63) is 41.6 Å². The molecule has 0 radical (unpaired) electrons. The van der Waals surface area contributed by atoms with E-state index in [1.54, 1.807) is 12.1 Å². The molecule has 0 aliphatic heterocycles. The maximum atomic E-state index is 11.8. The highest BCUT2D eigenvalue weighted by molar-refractivity contribution is 6.01. The van der Waals surface area contributed by atoms with E-state index in [1.165, 1.54) is 12.5 Å². The Morgan fingerprint density at radius 3 is 3.05 bits per heavy atom. The molecule has 0 saturated heterocycles. The highest BCUT2D eigenvalue weighted by Crippen LogP contribution is 2.24. The van der Waals surface area contributed by atoms with Crippen molar-refractivity contribution in [3.63, 3.8) is 0 Å². The molecule has 3 rings (SSSR count). The van der Waals surface area contributed by atoms with Crippen molar-refractivity contribution in [2.75, 3.05) is 5.32 Å². The lowest BCUT2D eigenvalue weighted by atomic mass is 9.88. The van der Waals surface area contributed by atoms with Gasteiger partial charge in [0, 0.05) is 12.6 Å². The molecule has 0 fully saturated rings. The lowest BCUT2D eigenvalue weighted by Crippen LogP contribution is -2.21. The van der Waals surface area contributed by atoms with Gasteiger partial charge in [0.1, 0.15) is 0 Å².